The van der Waals surface area contributed by atoms with Crippen molar-refractivity contribution in [2.45, 2.75) is 25.1 Å². The highest BCUT2D eigenvalue weighted by molar-refractivity contribution is 9.10. The Morgan fingerprint density at radius 1 is 1.37 bits per heavy atom. The smallest absolute Gasteiger partial charge is 0.254 e. The van der Waals surface area contributed by atoms with Crippen LogP contribution in [0.5, 0.6) is 0 Å². The predicted octanol–water partition coefficient (Wildman–Crippen LogP) is 2.10. The van der Waals surface area contributed by atoms with Crippen molar-refractivity contribution in [3.05, 3.63) is 34.3 Å². The summed E-state index contributed by atoms with van der Waals surface area (Å²) < 4.78 is 24.4. The fraction of sp³-hybridized carbons (Fsp3) is 0.462. The van der Waals surface area contributed by atoms with E-state index in [1.165, 1.54) is 0 Å². The first kappa shape index (κ1) is 14.5. The highest BCUT2D eigenvalue weighted by Gasteiger charge is 2.38. The molecule has 1 aromatic carbocycles. The largest absolute Gasteiger partial charge is 0.334 e. The molecule has 4 nitrogen and oxygen atoms in total. The van der Waals surface area contributed by atoms with Gasteiger partial charge in [0.15, 0.2) is 9.84 Å². The number of hydrogen-bond acceptors (Lipinski definition) is 3. The number of carbonyl (C=O) groups is 1. The summed E-state index contributed by atoms with van der Waals surface area (Å²) in [6.45, 7) is 3.72. The average Bonchev–Trinajstić information content (AvgIpc) is 2.36. The quantitative estimate of drug-likeness (QED) is 0.783. The van der Waals surface area contributed by atoms with Crippen molar-refractivity contribution in [1.29, 1.82) is 0 Å². The number of benzene rings is 1. The van der Waals surface area contributed by atoms with Gasteiger partial charge in [-0.1, -0.05) is 22.0 Å². The monoisotopic (exact) mass is 345 g/mol. The number of sulfone groups is 1. The first-order valence-corrected chi connectivity index (χ1v) is 8.62. The van der Waals surface area contributed by atoms with Gasteiger partial charge in [0, 0.05) is 22.6 Å². The van der Waals surface area contributed by atoms with Crippen molar-refractivity contribution in [3.8, 4) is 0 Å². The lowest BCUT2D eigenvalue weighted by atomic mass is 10.1. The van der Waals surface area contributed by atoms with Gasteiger partial charge in [0.1, 0.15) is 0 Å². The summed E-state index contributed by atoms with van der Waals surface area (Å²) in [4.78, 5) is 14.1. The second kappa shape index (κ2) is 5.25. The van der Waals surface area contributed by atoms with Crippen LogP contribution in [0.3, 0.4) is 0 Å². The zero-order valence-electron chi connectivity index (χ0n) is 10.8. The van der Waals surface area contributed by atoms with Gasteiger partial charge in [0.25, 0.3) is 5.91 Å². The number of carbonyl (C=O) groups excluding carboxylic acids is 1. The van der Waals surface area contributed by atoms with Crippen LogP contribution >= 0.6 is 15.9 Å². The van der Waals surface area contributed by atoms with Crippen LogP contribution in [0.2, 0.25) is 0 Å². The molecule has 104 valence electrons. The average molecular weight is 346 g/mol. The van der Waals surface area contributed by atoms with E-state index < -0.39 is 15.1 Å². The Hall–Kier alpha value is -0.880. The van der Waals surface area contributed by atoms with Gasteiger partial charge in [-0.15, -0.1) is 0 Å². The Morgan fingerprint density at radius 3 is 2.68 bits per heavy atom. The van der Waals surface area contributed by atoms with Crippen LogP contribution in [-0.4, -0.2) is 42.8 Å². The van der Waals surface area contributed by atoms with Gasteiger partial charge in [-0.05, 0) is 32.0 Å². The standard InChI is InChI=1S/C13H16BrNO3S/c1-9-10(2)19(17,18)7-6-15(9)13(16)11-4-3-5-12(14)8-11/h3-5,8-10H,6-7H2,1-2H3/t9-,10+/m1/s1. The maximum absolute atomic E-state index is 12.4. The molecule has 1 aliphatic heterocycles. The van der Waals surface area contributed by atoms with Crippen molar-refractivity contribution in [2.75, 3.05) is 12.3 Å². The fourth-order valence-corrected chi connectivity index (χ4v) is 4.21. The Balaban J connectivity index is 2.26. The maximum Gasteiger partial charge on any atom is 0.254 e. The van der Waals surface area contributed by atoms with E-state index >= 15 is 0 Å². The number of amides is 1. The summed E-state index contributed by atoms with van der Waals surface area (Å²) in [5.41, 5.74) is 0.577. The molecule has 0 unspecified atom stereocenters. The third kappa shape index (κ3) is 2.84. The lowest BCUT2D eigenvalue weighted by Crippen LogP contribution is -2.54. The zero-order valence-corrected chi connectivity index (χ0v) is 13.2. The molecule has 1 heterocycles. The molecule has 0 aromatic heterocycles. The van der Waals surface area contributed by atoms with Gasteiger partial charge in [-0.2, -0.15) is 0 Å². The van der Waals surface area contributed by atoms with E-state index in [4.69, 9.17) is 0 Å². The fourth-order valence-electron chi connectivity index (χ4n) is 2.24. The van der Waals surface area contributed by atoms with Gasteiger partial charge in [0.05, 0.1) is 11.0 Å². The highest BCUT2D eigenvalue weighted by Crippen LogP contribution is 2.22. The highest BCUT2D eigenvalue weighted by atomic mass is 79.9. The predicted molar refractivity (Wildman–Crippen MR) is 77.9 cm³/mol. The molecular formula is C13H16BrNO3S. The first-order chi connectivity index (χ1) is 8.83. The molecule has 0 aliphatic carbocycles. The molecule has 1 saturated heterocycles. The van der Waals surface area contributed by atoms with E-state index in [0.29, 0.717) is 5.56 Å². The van der Waals surface area contributed by atoms with Crippen molar-refractivity contribution in [2.24, 2.45) is 0 Å². The minimum absolute atomic E-state index is 0.0399. The normalized spacial score (nSPS) is 26.2. The van der Waals surface area contributed by atoms with E-state index in [1.54, 1.807) is 36.9 Å². The van der Waals surface area contributed by atoms with E-state index in [-0.39, 0.29) is 24.2 Å². The van der Waals surface area contributed by atoms with Gasteiger partial charge >= 0.3 is 0 Å². The molecular weight excluding hydrogens is 330 g/mol. The lowest BCUT2D eigenvalue weighted by molar-refractivity contribution is 0.0693. The van der Waals surface area contributed by atoms with Gasteiger partial charge in [0.2, 0.25) is 0 Å². The minimum atomic E-state index is -3.07. The van der Waals surface area contributed by atoms with Crippen molar-refractivity contribution < 1.29 is 13.2 Å². The van der Waals surface area contributed by atoms with Crippen LogP contribution in [0.15, 0.2) is 28.7 Å². The third-order valence-corrected chi connectivity index (χ3v) is 6.46. The SMILES string of the molecule is C[C@@H]1[C@H](C)S(=O)(=O)CCN1C(=O)c1cccc(Br)c1. The van der Waals surface area contributed by atoms with E-state index in [9.17, 15) is 13.2 Å². The molecule has 1 aromatic rings. The molecule has 1 amide bonds. The molecule has 6 heteroatoms. The third-order valence-electron chi connectivity index (χ3n) is 3.69. The molecule has 19 heavy (non-hydrogen) atoms. The second-order valence-electron chi connectivity index (χ2n) is 4.82. The number of nitrogens with zero attached hydrogens (tertiary/aromatic N) is 1. The Bertz CT molecular complexity index is 600. The number of halogens is 1. The van der Waals surface area contributed by atoms with E-state index in [2.05, 4.69) is 15.9 Å². The summed E-state index contributed by atoms with van der Waals surface area (Å²) in [7, 11) is -3.07. The van der Waals surface area contributed by atoms with Crippen LogP contribution < -0.4 is 0 Å². The Labute approximate surface area is 121 Å². The number of hydrogen-bond donors (Lipinski definition) is 0. The number of rotatable bonds is 1. The van der Waals surface area contributed by atoms with Gasteiger partial charge in [-0.25, -0.2) is 8.42 Å². The summed E-state index contributed by atoms with van der Waals surface area (Å²) in [6.07, 6.45) is 0. The molecule has 1 fully saturated rings. The minimum Gasteiger partial charge on any atom is -0.334 e. The molecule has 0 saturated carbocycles. The zero-order chi connectivity index (χ0) is 14.2. The summed E-state index contributed by atoms with van der Waals surface area (Å²) in [5.74, 6) is -0.0753. The summed E-state index contributed by atoms with van der Waals surface area (Å²) in [5, 5.41) is -0.516. The van der Waals surface area contributed by atoms with Crippen molar-refractivity contribution >= 4 is 31.7 Å². The second-order valence-corrected chi connectivity index (χ2v) is 8.21. The van der Waals surface area contributed by atoms with Crippen LogP contribution in [0.4, 0.5) is 0 Å². The van der Waals surface area contributed by atoms with Crippen molar-refractivity contribution in [1.82, 2.24) is 4.90 Å². The molecule has 1 aliphatic rings. The molecule has 2 atom stereocenters. The summed E-state index contributed by atoms with van der Waals surface area (Å²) in [6, 6.07) is 6.84. The van der Waals surface area contributed by atoms with Gasteiger partial charge < -0.3 is 4.90 Å². The molecule has 2 rings (SSSR count). The first-order valence-electron chi connectivity index (χ1n) is 6.11. The Kier molecular flexibility index (Phi) is 4.01. The molecule has 0 spiro atoms. The van der Waals surface area contributed by atoms with Crippen LogP contribution in [-0.2, 0) is 9.84 Å². The van der Waals surface area contributed by atoms with Crippen molar-refractivity contribution in [3.63, 3.8) is 0 Å². The van der Waals surface area contributed by atoms with Crippen LogP contribution in [0.25, 0.3) is 0 Å². The molecule has 0 N–H and O–H groups in total. The maximum atomic E-state index is 12.4. The van der Waals surface area contributed by atoms with Crippen LogP contribution in [0.1, 0.15) is 24.2 Å². The molecule has 0 radical (unpaired) electrons. The Morgan fingerprint density at radius 2 is 2.05 bits per heavy atom. The topological polar surface area (TPSA) is 54.5 Å². The van der Waals surface area contributed by atoms with E-state index in [1.807, 2.05) is 6.07 Å². The van der Waals surface area contributed by atoms with Gasteiger partial charge in [-0.3, -0.25) is 4.79 Å². The van der Waals surface area contributed by atoms with Crippen LogP contribution in [0, 0.1) is 0 Å². The summed E-state index contributed by atoms with van der Waals surface area (Å²) >= 11 is 3.33. The lowest BCUT2D eigenvalue weighted by Gasteiger charge is -2.37. The molecule has 0 bridgehead atoms. The van der Waals surface area contributed by atoms with E-state index in [0.717, 1.165) is 4.47 Å².